The van der Waals surface area contributed by atoms with Crippen molar-refractivity contribution in [2.45, 2.75) is 44.6 Å². The van der Waals surface area contributed by atoms with Crippen LogP contribution in [0, 0.1) is 0 Å². The molecule has 0 N–H and O–H groups in total. The first kappa shape index (κ1) is 17.5. The molecule has 0 bridgehead atoms. The summed E-state index contributed by atoms with van der Waals surface area (Å²) < 4.78 is 82.4. The highest BCUT2D eigenvalue weighted by atomic mass is 19.4. The molecule has 0 spiro atoms. The second-order valence-corrected chi connectivity index (χ2v) is 3.81. The zero-order valence-electron chi connectivity index (χ0n) is 10.1. The summed E-state index contributed by atoms with van der Waals surface area (Å²) in [5, 5.41) is 0. The Labute approximate surface area is 101 Å². The maximum Gasteiger partial charge on any atom is 0.425 e. The van der Waals surface area contributed by atoms with Crippen molar-refractivity contribution in [3.8, 4) is 0 Å². The molecule has 0 rings (SSSR count). The van der Waals surface area contributed by atoms with Crippen LogP contribution in [0.4, 0.5) is 26.3 Å². The molecular weight excluding hydrogens is 266 g/mol. The number of hydrogen-bond acceptors (Lipinski definition) is 2. The SMILES string of the molecule is CCC(C)OCCOCC(F)(F)C(F)C(F)(F)F. The molecule has 0 aromatic carbocycles. The lowest BCUT2D eigenvalue weighted by Gasteiger charge is -2.22. The third kappa shape index (κ3) is 6.44. The molecule has 2 atom stereocenters. The van der Waals surface area contributed by atoms with Gasteiger partial charge in [0.15, 0.2) is 0 Å². The number of hydrogen-bond donors (Lipinski definition) is 0. The van der Waals surface area contributed by atoms with Gasteiger partial charge in [0.1, 0.15) is 6.61 Å². The standard InChI is InChI=1S/C10H16F6O2/c1-3-7(2)18-5-4-17-6-9(12,13)8(11)10(14,15)16/h7-8H,3-6H2,1-2H3. The fourth-order valence-corrected chi connectivity index (χ4v) is 0.947. The van der Waals surface area contributed by atoms with Gasteiger partial charge in [-0.05, 0) is 13.3 Å². The molecule has 0 saturated carbocycles. The Morgan fingerprint density at radius 2 is 1.61 bits per heavy atom. The van der Waals surface area contributed by atoms with Crippen LogP contribution in [0.25, 0.3) is 0 Å². The molecule has 0 saturated heterocycles. The molecule has 2 nitrogen and oxygen atoms in total. The van der Waals surface area contributed by atoms with Crippen molar-refractivity contribution in [1.82, 2.24) is 0 Å². The van der Waals surface area contributed by atoms with Crippen LogP contribution in [0.1, 0.15) is 20.3 Å². The summed E-state index contributed by atoms with van der Waals surface area (Å²) in [6.07, 6.45) is -9.21. The first-order chi connectivity index (χ1) is 8.11. The van der Waals surface area contributed by atoms with Crippen LogP contribution in [-0.2, 0) is 9.47 Å². The van der Waals surface area contributed by atoms with Crippen molar-refractivity contribution >= 4 is 0 Å². The molecule has 0 aliphatic heterocycles. The third-order valence-electron chi connectivity index (χ3n) is 2.16. The molecule has 0 aliphatic carbocycles. The van der Waals surface area contributed by atoms with Crippen molar-refractivity contribution in [1.29, 1.82) is 0 Å². The van der Waals surface area contributed by atoms with Crippen LogP contribution in [-0.4, -0.2) is 44.2 Å². The van der Waals surface area contributed by atoms with Crippen molar-refractivity contribution in [2.75, 3.05) is 19.8 Å². The molecule has 0 amide bonds. The highest BCUT2D eigenvalue weighted by Crippen LogP contribution is 2.34. The van der Waals surface area contributed by atoms with E-state index in [1.54, 1.807) is 6.92 Å². The Hall–Kier alpha value is -0.500. The molecule has 0 aliphatic rings. The Morgan fingerprint density at radius 3 is 2.06 bits per heavy atom. The summed E-state index contributed by atoms with van der Waals surface area (Å²) in [4.78, 5) is 0. The average molecular weight is 282 g/mol. The smallest absolute Gasteiger partial charge is 0.376 e. The van der Waals surface area contributed by atoms with Gasteiger partial charge in [-0.1, -0.05) is 6.92 Å². The Morgan fingerprint density at radius 1 is 1.06 bits per heavy atom. The van der Waals surface area contributed by atoms with E-state index in [0.717, 1.165) is 0 Å². The largest absolute Gasteiger partial charge is 0.425 e. The zero-order chi connectivity index (χ0) is 14.4. The van der Waals surface area contributed by atoms with Gasteiger partial charge in [-0.25, -0.2) is 13.2 Å². The second-order valence-electron chi connectivity index (χ2n) is 3.81. The van der Waals surface area contributed by atoms with Crippen molar-refractivity contribution in [3.05, 3.63) is 0 Å². The maximum atomic E-state index is 12.7. The Kier molecular flexibility index (Phi) is 6.98. The number of rotatable bonds is 8. The van der Waals surface area contributed by atoms with Crippen LogP contribution in [0.15, 0.2) is 0 Å². The van der Waals surface area contributed by atoms with Gasteiger partial charge in [-0.15, -0.1) is 0 Å². The van der Waals surface area contributed by atoms with E-state index in [2.05, 4.69) is 4.74 Å². The lowest BCUT2D eigenvalue weighted by atomic mass is 10.2. The van der Waals surface area contributed by atoms with Gasteiger partial charge >= 0.3 is 12.1 Å². The molecule has 0 fully saturated rings. The fourth-order valence-electron chi connectivity index (χ4n) is 0.947. The minimum Gasteiger partial charge on any atom is -0.376 e. The average Bonchev–Trinajstić information content (AvgIpc) is 2.25. The number of halogens is 6. The molecule has 18 heavy (non-hydrogen) atoms. The second kappa shape index (κ2) is 7.18. The minimum atomic E-state index is -5.60. The van der Waals surface area contributed by atoms with Gasteiger partial charge in [0.05, 0.1) is 19.3 Å². The highest BCUT2D eigenvalue weighted by molar-refractivity contribution is 4.82. The summed E-state index contributed by atoms with van der Waals surface area (Å²) in [5.41, 5.74) is 0. The van der Waals surface area contributed by atoms with Crippen LogP contribution < -0.4 is 0 Å². The van der Waals surface area contributed by atoms with Crippen molar-refractivity contribution in [3.63, 3.8) is 0 Å². The molecule has 0 aromatic rings. The van der Waals surface area contributed by atoms with E-state index in [0.29, 0.717) is 6.42 Å². The molecule has 0 heterocycles. The lowest BCUT2D eigenvalue weighted by Crippen LogP contribution is -2.44. The zero-order valence-corrected chi connectivity index (χ0v) is 10.1. The normalized spacial score (nSPS) is 16.7. The van der Waals surface area contributed by atoms with Gasteiger partial charge in [0, 0.05) is 0 Å². The van der Waals surface area contributed by atoms with Crippen LogP contribution in [0.2, 0.25) is 0 Å². The number of ether oxygens (including phenoxy) is 2. The minimum absolute atomic E-state index is 0.0337. The molecule has 0 radical (unpaired) electrons. The summed E-state index contributed by atoms with van der Waals surface area (Å²) in [6.45, 7) is 1.61. The topological polar surface area (TPSA) is 18.5 Å². The van der Waals surface area contributed by atoms with Gasteiger partial charge in [0.25, 0.3) is 6.17 Å². The summed E-state index contributed by atoms with van der Waals surface area (Å²) >= 11 is 0. The summed E-state index contributed by atoms with van der Waals surface area (Å²) in [6, 6.07) is 0. The van der Waals surface area contributed by atoms with Gasteiger partial charge in [0.2, 0.25) is 0 Å². The van der Waals surface area contributed by atoms with Crippen molar-refractivity contribution < 1.29 is 35.8 Å². The fraction of sp³-hybridized carbons (Fsp3) is 1.00. The van der Waals surface area contributed by atoms with Gasteiger partial charge in [-0.3, -0.25) is 0 Å². The van der Waals surface area contributed by atoms with Crippen LogP contribution in [0.3, 0.4) is 0 Å². The summed E-state index contributed by atoms with van der Waals surface area (Å²) in [7, 11) is 0. The molecule has 8 heteroatoms. The number of alkyl halides is 6. The lowest BCUT2D eigenvalue weighted by molar-refractivity contribution is -0.255. The van der Waals surface area contributed by atoms with Crippen LogP contribution >= 0.6 is 0 Å². The monoisotopic (exact) mass is 282 g/mol. The van der Waals surface area contributed by atoms with E-state index < -0.39 is 24.9 Å². The maximum absolute atomic E-state index is 12.7. The van der Waals surface area contributed by atoms with E-state index in [4.69, 9.17) is 4.74 Å². The van der Waals surface area contributed by atoms with E-state index in [-0.39, 0.29) is 19.3 Å². The van der Waals surface area contributed by atoms with Gasteiger partial charge in [-0.2, -0.15) is 13.2 Å². The van der Waals surface area contributed by atoms with E-state index in [1.807, 2.05) is 6.92 Å². The molecule has 110 valence electrons. The molecule has 2 unspecified atom stereocenters. The van der Waals surface area contributed by atoms with E-state index in [9.17, 15) is 26.3 Å². The Balaban J connectivity index is 3.91. The van der Waals surface area contributed by atoms with Crippen molar-refractivity contribution in [2.24, 2.45) is 0 Å². The van der Waals surface area contributed by atoms with E-state index >= 15 is 0 Å². The quantitative estimate of drug-likeness (QED) is 0.502. The van der Waals surface area contributed by atoms with Gasteiger partial charge < -0.3 is 9.47 Å². The van der Waals surface area contributed by atoms with E-state index in [1.165, 1.54) is 0 Å². The van der Waals surface area contributed by atoms with Crippen LogP contribution in [0.5, 0.6) is 0 Å². The Bertz CT molecular complexity index is 231. The highest BCUT2D eigenvalue weighted by Gasteiger charge is 2.56. The summed E-state index contributed by atoms with van der Waals surface area (Å²) in [5.74, 6) is -4.59. The first-order valence-electron chi connectivity index (χ1n) is 5.39. The molecular formula is C10H16F6O2. The first-order valence-corrected chi connectivity index (χ1v) is 5.39. The predicted molar refractivity (Wildman–Crippen MR) is 52.4 cm³/mol. The third-order valence-corrected chi connectivity index (χ3v) is 2.16. The predicted octanol–water partition coefficient (Wildman–Crippen LogP) is 3.35. The molecule has 0 aromatic heterocycles.